The molecule has 1 N–H and O–H groups in total. The van der Waals surface area contributed by atoms with Crippen molar-refractivity contribution in [2.45, 2.75) is 18.3 Å². The van der Waals surface area contributed by atoms with Crippen LogP contribution in [0.3, 0.4) is 0 Å². The Balaban J connectivity index is 1.75. The molecule has 1 aromatic rings. The maximum absolute atomic E-state index is 13.2. The normalized spacial score (nSPS) is 23.6. The summed E-state index contributed by atoms with van der Waals surface area (Å²) in [5, 5.41) is -0.227. The minimum absolute atomic E-state index is 0.00506. The molecule has 2 fully saturated rings. The molecule has 2 amide bonds. The number of benzene rings is 1. The number of carbonyl (C=O) groups is 2. The number of hydrogen-bond donors (Lipinski definition) is 1. The Morgan fingerprint density at radius 3 is 2.54 bits per heavy atom. The molecule has 1 aromatic carbocycles. The van der Waals surface area contributed by atoms with E-state index in [1.54, 1.807) is 24.0 Å². The van der Waals surface area contributed by atoms with Crippen molar-refractivity contribution in [2.75, 3.05) is 39.0 Å². The van der Waals surface area contributed by atoms with Gasteiger partial charge in [0.1, 0.15) is 17.2 Å². The lowest BCUT2D eigenvalue weighted by Crippen LogP contribution is -3.12. The van der Waals surface area contributed by atoms with Crippen molar-refractivity contribution in [3.63, 3.8) is 0 Å². The molecule has 7 heteroatoms. The first-order valence-corrected chi connectivity index (χ1v) is 9.30. The third-order valence-corrected chi connectivity index (χ3v) is 5.99. The van der Waals surface area contributed by atoms with Crippen LogP contribution in [0, 0.1) is 5.82 Å². The zero-order valence-electron chi connectivity index (χ0n) is 14.0. The fraction of sp³-hybridized carbons (Fsp3) is 0.529. The highest BCUT2D eigenvalue weighted by Crippen LogP contribution is 2.40. The fourth-order valence-corrected chi connectivity index (χ4v) is 4.49. The summed E-state index contributed by atoms with van der Waals surface area (Å²) in [6.07, 6.45) is 0. The summed E-state index contributed by atoms with van der Waals surface area (Å²) < 4.78 is 13.2. The quantitative estimate of drug-likeness (QED) is 0.842. The number of hydrogen-bond acceptors (Lipinski definition) is 3. The molecule has 0 radical (unpaired) electrons. The molecule has 130 valence electrons. The van der Waals surface area contributed by atoms with E-state index < -0.39 is 6.04 Å². The maximum atomic E-state index is 13.2. The van der Waals surface area contributed by atoms with E-state index in [9.17, 15) is 14.0 Å². The lowest BCUT2D eigenvalue weighted by molar-refractivity contribution is -0.883. The van der Waals surface area contributed by atoms with Gasteiger partial charge in [-0.15, -0.1) is 11.8 Å². The molecular weight excluding hydrogens is 329 g/mol. The number of nitrogens with one attached hydrogen (secondary N) is 1. The molecule has 0 aliphatic carbocycles. The van der Waals surface area contributed by atoms with Crippen LogP contribution < -0.4 is 4.90 Å². The van der Waals surface area contributed by atoms with Crippen LogP contribution in [-0.4, -0.2) is 66.6 Å². The average molecular weight is 352 g/mol. The van der Waals surface area contributed by atoms with Crippen molar-refractivity contribution in [1.29, 1.82) is 0 Å². The number of halogens is 1. The summed E-state index contributed by atoms with van der Waals surface area (Å²) in [4.78, 5) is 30.1. The number of likely N-dealkylation sites (N-methyl/N-ethyl adjacent to an activating group) is 1. The van der Waals surface area contributed by atoms with Gasteiger partial charge in [-0.05, 0) is 24.6 Å². The van der Waals surface area contributed by atoms with E-state index in [-0.39, 0.29) is 23.0 Å². The van der Waals surface area contributed by atoms with Gasteiger partial charge in [0.25, 0.3) is 0 Å². The van der Waals surface area contributed by atoms with Gasteiger partial charge in [-0.25, -0.2) is 4.39 Å². The second-order valence-electron chi connectivity index (χ2n) is 6.47. The molecular formula is C17H23FN3O2S+. The molecule has 2 saturated heterocycles. The highest BCUT2D eigenvalue weighted by molar-refractivity contribution is 8.00. The van der Waals surface area contributed by atoms with Gasteiger partial charge in [0.2, 0.25) is 11.8 Å². The van der Waals surface area contributed by atoms with Crippen molar-refractivity contribution in [3.8, 4) is 0 Å². The van der Waals surface area contributed by atoms with Crippen molar-refractivity contribution in [1.82, 2.24) is 9.80 Å². The summed E-state index contributed by atoms with van der Waals surface area (Å²) in [6, 6.07) is 5.67. The predicted molar refractivity (Wildman–Crippen MR) is 91.1 cm³/mol. The summed E-state index contributed by atoms with van der Waals surface area (Å²) in [5.41, 5.74) is 0.856. The number of nitrogens with zero attached hydrogens (tertiary/aromatic N) is 2. The third kappa shape index (κ3) is 3.42. The Bertz CT molecular complexity index is 617. The SMILES string of the molecule is C[C@@H](C(=O)N1CC[NH+](C)CC1)N1C(=O)CS[C@@H]1c1ccc(F)cc1. The monoisotopic (exact) mass is 352 g/mol. The molecule has 24 heavy (non-hydrogen) atoms. The lowest BCUT2D eigenvalue weighted by Gasteiger charge is -2.36. The lowest BCUT2D eigenvalue weighted by atomic mass is 10.1. The zero-order valence-corrected chi connectivity index (χ0v) is 14.8. The van der Waals surface area contributed by atoms with Crippen molar-refractivity contribution < 1.29 is 18.9 Å². The van der Waals surface area contributed by atoms with E-state index in [0.717, 1.165) is 31.7 Å². The standard InChI is InChI=1S/C17H22FN3O2S/c1-12(16(23)20-9-7-19(2)8-10-20)21-15(22)11-24-17(21)13-3-5-14(18)6-4-13/h3-6,12,17H,7-11H2,1-2H3/p+1/t12-,17+/m0/s1. The Labute approximate surface area is 145 Å². The van der Waals surface area contributed by atoms with Gasteiger partial charge in [-0.1, -0.05) is 12.1 Å². The first-order valence-electron chi connectivity index (χ1n) is 8.25. The Kier molecular flexibility index (Phi) is 5.10. The molecule has 2 aliphatic heterocycles. The molecule has 2 heterocycles. The van der Waals surface area contributed by atoms with Gasteiger partial charge < -0.3 is 14.7 Å². The molecule has 2 atom stereocenters. The highest BCUT2D eigenvalue weighted by Gasteiger charge is 2.40. The molecule has 0 spiro atoms. The molecule has 5 nitrogen and oxygen atoms in total. The first kappa shape index (κ1) is 17.2. The second-order valence-corrected chi connectivity index (χ2v) is 7.54. The third-order valence-electron chi connectivity index (χ3n) is 4.76. The highest BCUT2D eigenvalue weighted by atomic mass is 32.2. The summed E-state index contributed by atoms with van der Waals surface area (Å²) in [6.45, 7) is 5.12. The first-order chi connectivity index (χ1) is 11.5. The summed E-state index contributed by atoms with van der Waals surface area (Å²) in [7, 11) is 2.12. The largest absolute Gasteiger partial charge is 0.334 e. The van der Waals surface area contributed by atoms with Crippen LogP contribution in [0.4, 0.5) is 4.39 Å². The van der Waals surface area contributed by atoms with Crippen molar-refractivity contribution in [3.05, 3.63) is 35.6 Å². The van der Waals surface area contributed by atoms with E-state index >= 15 is 0 Å². The number of thioether (sulfide) groups is 1. The topological polar surface area (TPSA) is 45.1 Å². The molecule has 0 saturated carbocycles. The van der Waals surface area contributed by atoms with Gasteiger partial charge in [0.15, 0.2) is 0 Å². The summed E-state index contributed by atoms with van der Waals surface area (Å²) in [5.74, 6) is 0.0242. The number of amides is 2. The molecule has 3 rings (SSSR count). The zero-order chi connectivity index (χ0) is 17.3. The van der Waals surface area contributed by atoms with E-state index in [1.807, 2.05) is 4.90 Å². The van der Waals surface area contributed by atoms with Gasteiger partial charge in [-0.2, -0.15) is 0 Å². The molecule has 2 aliphatic rings. The number of piperazine rings is 1. The van der Waals surface area contributed by atoms with Gasteiger partial charge in [-0.3, -0.25) is 9.59 Å². The Morgan fingerprint density at radius 2 is 1.92 bits per heavy atom. The van der Waals surface area contributed by atoms with Crippen LogP contribution in [0.1, 0.15) is 17.9 Å². The molecule has 0 unspecified atom stereocenters. The molecule has 0 aromatic heterocycles. The van der Waals surface area contributed by atoms with Crippen molar-refractivity contribution in [2.24, 2.45) is 0 Å². The summed E-state index contributed by atoms with van der Waals surface area (Å²) >= 11 is 1.49. The van der Waals surface area contributed by atoms with E-state index in [1.165, 1.54) is 28.8 Å². The second kappa shape index (κ2) is 7.11. The number of carbonyl (C=O) groups excluding carboxylic acids is 2. The minimum atomic E-state index is -0.499. The Hall–Kier alpha value is -1.60. The fourth-order valence-electron chi connectivity index (χ4n) is 3.23. The number of quaternary nitrogens is 1. The Morgan fingerprint density at radius 1 is 1.29 bits per heavy atom. The van der Waals surface area contributed by atoms with Crippen LogP contribution in [0.15, 0.2) is 24.3 Å². The maximum Gasteiger partial charge on any atom is 0.245 e. The van der Waals surface area contributed by atoms with Crippen LogP contribution in [-0.2, 0) is 9.59 Å². The van der Waals surface area contributed by atoms with Gasteiger partial charge >= 0.3 is 0 Å². The van der Waals surface area contributed by atoms with E-state index in [0.29, 0.717) is 5.75 Å². The van der Waals surface area contributed by atoms with E-state index in [4.69, 9.17) is 0 Å². The minimum Gasteiger partial charge on any atom is -0.334 e. The van der Waals surface area contributed by atoms with Gasteiger partial charge in [0, 0.05) is 0 Å². The van der Waals surface area contributed by atoms with Crippen LogP contribution >= 0.6 is 11.8 Å². The average Bonchev–Trinajstić information content (AvgIpc) is 2.96. The van der Waals surface area contributed by atoms with Crippen LogP contribution in [0.25, 0.3) is 0 Å². The van der Waals surface area contributed by atoms with Gasteiger partial charge in [0.05, 0.1) is 39.0 Å². The van der Waals surface area contributed by atoms with Crippen molar-refractivity contribution >= 4 is 23.6 Å². The number of rotatable bonds is 3. The van der Waals surface area contributed by atoms with Crippen LogP contribution in [0.2, 0.25) is 0 Å². The van der Waals surface area contributed by atoms with Crippen LogP contribution in [0.5, 0.6) is 0 Å². The predicted octanol–water partition coefficient (Wildman–Crippen LogP) is 0.145. The van der Waals surface area contributed by atoms with E-state index in [2.05, 4.69) is 7.05 Å². The molecule has 0 bridgehead atoms. The smallest absolute Gasteiger partial charge is 0.245 e.